The molecule has 7 aliphatic rings. The van der Waals surface area contributed by atoms with E-state index in [1.807, 2.05) is 62.3 Å². The molecule has 2 aromatic rings. The minimum absolute atomic E-state index is 0.00129. The van der Waals surface area contributed by atoms with E-state index in [1.165, 1.54) is 6.20 Å². The summed E-state index contributed by atoms with van der Waals surface area (Å²) in [5, 5.41) is 64.7. The van der Waals surface area contributed by atoms with Crippen LogP contribution in [0.4, 0.5) is 0 Å². The second-order valence-electron chi connectivity index (χ2n) is 27.7. The summed E-state index contributed by atoms with van der Waals surface area (Å²) >= 11 is 0. The Balaban J connectivity index is 0.000000405. The second kappa shape index (κ2) is 45.2. The number of hydrogen-bond donors (Lipinski definition) is 10. The summed E-state index contributed by atoms with van der Waals surface area (Å²) in [5.41, 5.74) is -0.113. The number of rotatable bonds is 10. The van der Waals surface area contributed by atoms with E-state index >= 15 is 0 Å². The molecule has 97 heavy (non-hydrogen) atoms. The van der Waals surface area contributed by atoms with Gasteiger partial charge in [-0.1, -0.05) is 95.9 Å². The zero-order valence-electron chi connectivity index (χ0n) is 67.5. The number of nitrogens with zero attached hydrogens (tertiary/aromatic N) is 1. The molecular formula is C70H131N4O22P. The van der Waals surface area contributed by atoms with Crippen LogP contribution < -0.4 is 22.5 Å². The van der Waals surface area contributed by atoms with Gasteiger partial charge in [0.25, 0.3) is 11.1 Å². The maximum Gasteiger partial charge on any atom is 0.330 e. The van der Waals surface area contributed by atoms with Crippen LogP contribution in [0.25, 0.3) is 0 Å². The van der Waals surface area contributed by atoms with Crippen molar-refractivity contribution in [1.82, 2.24) is 19.5 Å². The highest BCUT2D eigenvalue weighted by Gasteiger charge is 2.40. The first-order valence-corrected chi connectivity index (χ1v) is 36.7. The molecule has 31 unspecified atom stereocenters. The van der Waals surface area contributed by atoms with Crippen molar-refractivity contribution in [3.05, 3.63) is 65.2 Å². The Bertz CT molecular complexity index is 2730. The van der Waals surface area contributed by atoms with Gasteiger partial charge in [-0.3, -0.25) is 24.1 Å². The molecule has 9 rings (SSSR count). The van der Waals surface area contributed by atoms with Gasteiger partial charge in [0.15, 0.2) is 0 Å². The van der Waals surface area contributed by atoms with Crippen LogP contribution in [-0.2, 0) is 64.7 Å². The van der Waals surface area contributed by atoms with Gasteiger partial charge in [-0.2, -0.15) is 0 Å². The molecule has 9 heterocycles. The Morgan fingerprint density at radius 2 is 0.918 bits per heavy atom. The third-order valence-corrected chi connectivity index (χ3v) is 20.9. The second-order valence-corrected chi connectivity index (χ2v) is 29.5. The van der Waals surface area contributed by atoms with Crippen molar-refractivity contribution >= 4 is 8.15 Å². The van der Waals surface area contributed by atoms with Crippen molar-refractivity contribution in [2.75, 3.05) is 80.8 Å². The Kier molecular flexibility index (Phi) is 37.2. The lowest BCUT2D eigenvalue weighted by molar-refractivity contribution is -0.181. The number of nitrogens with one attached hydrogen (secondary N) is 3. The number of aryl methyl sites for hydroxylation is 2. The Morgan fingerprint density at radius 1 is 0.485 bits per heavy atom. The third kappa shape index (κ3) is 28.3. The Hall–Kier alpha value is -2.93. The SMILES string of the molecule is CC1COC(C)C(C)C1C.CC1OCC(O)C(O)C1C.CC1OCC(O)C(O)C1O.CCCc1c[nH]c(=O)[nH]c1=O.CCCc1cn(C2OCC(C)C(C)C2C)c(=O)[nH]c1=O.[2H]C([3H])OC1COC(C)C(C)C1O.[2H]C([3H])OC1COC(C)C(O)C1C.[2H]C([3H])OC1COC(C)C(OP(C)C)C1C. The zero-order chi connectivity index (χ0) is 78.6. The van der Waals surface area contributed by atoms with Gasteiger partial charge in [0.05, 0.1) is 121 Å². The quantitative estimate of drug-likeness (QED) is 0.132. The lowest BCUT2D eigenvalue weighted by atomic mass is 9.80. The molecule has 7 saturated heterocycles. The Labute approximate surface area is 587 Å². The predicted molar refractivity (Wildman–Crippen MR) is 374 cm³/mol. The van der Waals surface area contributed by atoms with E-state index in [9.17, 15) is 34.5 Å². The van der Waals surface area contributed by atoms with Gasteiger partial charge in [-0.25, -0.2) is 9.59 Å². The van der Waals surface area contributed by atoms with Crippen molar-refractivity contribution in [3.8, 4) is 0 Å². The molecule has 0 spiro atoms. The van der Waals surface area contributed by atoms with Crippen molar-refractivity contribution < 1.29 is 95.9 Å². The number of methoxy groups -OCH3 is 3. The summed E-state index contributed by atoms with van der Waals surface area (Å²) < 4.78 is 102. The normalized spacial score (nSPS) is 40.5. The van der Waals surface area contributed by atoms with Gasteiger partial charge >= 0.3 is 11.4 Å². The van der Waals surface area contributed by atoms with E-state index in [0.717, 1.165) is 37.2 Å². The van der Waals surface area contributed by atoms with E-state index < -0.39 is 90.0 Å². The van der Waals surface area contributed by atoms with Crippen LogP contribution in [0.5, 0.6) is 0 Å². The molecule has 31 atom stereocenters. The molecule has 26 nitrogen and oxygen atoms in total. The van der Waals surface area contributed by atoms with E-state index in [-0.39, 0.29) is 115 Å². The molecule has 568 valence electrons. The highest BCUT2D eigenvalue weighted by atomic mass is 31.1. The highest BCUT2D eigenvalue weighted by molar-refractivity contribution is 7.50. The van der Waals surface area contributed by atoms with Gasteiger partial charge in [0, 0.05) is 89.1 Å². The smallest absolute Gasteiger partial charge is 0.330 e. The van der Waals surface area contributed by atoms with Crippen LogP contribution in [-0.4, -0.2) is 240 Å². The first-order valence-electron chi connectivity index (χ1n) is 38.1. The van der Waals surface area contributed by atoms with Crippen molar-refractivity contribution in [2.45, 2.75) is 260 Å². The van der Waals surface area contributed by atoms with E-state index in [4.69, 9.17) is 80.5 Å². The first kappa shape index (κ1) is 79.8. The molecule has 27 heteroatoms. The van der Waals surface area contributed by atoms with E-state index in [1.54, 1.807) is 24.6 Å². The van der Waals surface area contributed by atoms with Gasteiger partial charge in [-0.15, -0.1) is 0 Å². The molecule has 10 N–H and O–H groups in total. The molecule has 0 aromatic carbocycles. The van der Waals surface area contributed by atoms with E-state index in [0.29, 0.717) is 61.7 Å². The number of H-pyrrole nitrogens is 3. The number of aromatic nitrogens is 4. The number of hydrogen-bond acceptors (Lipinski definition) is 22. The molecule has 0 aliphatic carbocycles. The first-order chi connectivity index (χ1) is 48.0. The fraction of sp³-hybridized carbons (Fsp3) is 0.886. The maximum absolute atomic E-state index is 12.1. The predicted octanol–water partition coefficient (Wildman–Crippen LogP) is 5.44. The maximum atomic E-state index is 12.1. The van der Waals surface area contributed by atoms with E-state index in [2.05, 4.69) is 76.7 Å². The fourth-order valence-electron chi connectivity index (χ4n) is 11.6. The van der Waals surface area contributed by atoms with Gasteiger partial charge in [0.2, 0.25) is 0 Å². The summed E-state index contributed by atoms with van der Waals surface area (Å²) in [6.45, 7) is 43.5. The van der Waals surface area contributed by atoms with Crippen LogP contribution in [0.1, 0.15) is 163 Å². The molecule has 7 fully saturated rings. The minimum Gasteiger partial charge on any atom is -0.390 e. The summed E-state index contributed by atoms with van der Waals surface area (Å²) in [5.74, 6) is 3.57. The van der Waals surface area contributed by atoms with Crippen LogP contribution in [0.2, 0.25) is 0 Å². The van der Waals surface area contributed by atoms with Crippen LogP contribution in [0, 0.1) is 59.2 Å². The van der Waals surface area contributed by atoms with Crippen molar-refractivity contribution in [2.24, 2.45) is 59.2 Å². The molecule has 0 saturated carbocycles. The average Bonchev–Trinajstić information content (AvgIpc) is 0.796. The molecular weight excluding hydrogens is 1280 g/mol. The number of ether oxygens (including phenoxy) is 10. The van der Waals surface area contributed by atoms with Crippen LogP contribution >= 0.6 is 8.15 Å². The minimum atomic E-state index is -1.36. The van der Waals surface area contributed by atoms with Crippen molar-refractivity contribution in [3.63, 3.8) is 0 Å². The fourth-order valence-corrected chi connectivity index (χ4v) is 12.5. The molecule has 0 bridgehead atoms. The highest BCUT2D eigenvalue weighted by Crippen LogP contribution is 2.38. The lowest BCUT2D eigenvalue weighted by Gasteiger charge is -2.39. The molecule has 7 aliphatic heterocycles. The molecule has 0 amide bonds. The monoisotopic (exact) mass is 1420 g/mol. The topological polar surface area (TPSA) is 364 Å². The largest absolute Gasteiger partial charge is 0.390 e. The van der Waals surface area contributed by atoms with Crippen LogP contribution in [0.3, 0.4) is 0 Å². The molecule has 2 aromatic heterocycles. The summed E-state index contributed by atoms with van der Waals surface area (Å²) in [4.78, 5) is 52.3. The third-order valence-electron chi connectivity index (χ3n) is 20.3. The summed E-state index contributed by atoms with van der Waals surface area (Å²) in [6.07, 6.45) is -0.632. The summed E-state index contributed by atoms with van der Waals surface area (Å²) in [7, 11) is -4.37. The lowest BCUT2D eigenvalue weighted by Crippen LogP contribution is -2.51. The van der Waals surface area contributed by atoms with Gasteiger partial charge < -0.3 is 92.6 Å². The van der Waals surface area contributed by atoms with Crippen LogP contribution in [0.15, 0.2) is 31.6 Å². The van der Waals surface area contributed by atoms with Crippen molar-refractivity contribution in [1.29, 1.82) is 0 Å². The Morgan fingerprint density at radius 3 is 1.44 bits per heavy atom. The summed E-state index contributed by atoms with van der Waals surface area (Å²) in [6, 6.07) is 0. The van der Waals surface area contributed by atoms with Gasteiger partial charge in [-0.05, 0) is 97.3 Å². The molecule has 0 radical (unpaired) electrons. The number of aromatic amines is 3. The standard InChI is InChI=1S/C15H24N2O3.C10H21O3P.C9H18O.2C8H16O3.C7H10N2O2.C7H14O3.C6H12O4/c1-5-6-12-7-17(15(19)16-13(12)18)14-11(4)10(3)9(2)8-20-14;1-7-9(11-3)6-12-8(2)10(7)13-14(4)5;1-6-5-10-9(4)8(3)7(6)2;1-5-7(10-3)4-11-6(2)8(5)9;1-5-6(2)11-4-7(10-3)8(5)9;1-2-3-5-4-8-7(11)9-6(5)10;1-4-5(2)10-3-6(8)7(4)9;1-3-5(8)6(9)4(7)2-10-3/h7,9-11,14H,5-6,8H2,1-4H3,(H,16,18,19);7-10H,6H2,1-5H3;6-9H,5H2,1-4H3;2*5-9H,4H2,1-3H3;4H,2-3H2,1H3,(H2,8,9,10,11);4-9H,3H2,1-2H3;3-9H,2H2,1H3/i;3TD;;2*3TD;;;. The average molecular weight is 1420 g/mol. The zero-order valence-corrected chi connectivity index (χ0v) is 62.4. The number of aliphatic hydroxyl groups is 7. The number of aliphatic hydroxyl groups excluding tert-OH is 7. The van der Waals surface area contributed by atoms with Gasteiger partial charge in [0.1, 0.15) is 36.7 Å².